The number of hydrogen-bond donors (Lipinski definition) is 3. The van der Waals surface area contributed by atoms with Crippen molar-refractivity contribution < 1.29 is 24.9 Å². The minimum atomic E-state index is -1.53. The summed E-state index contributed by atoms with van der Waals surface area (Å²) >= 11 is 0. The summed E-state index contributed by atoms with van der Waals surface area (Å²) in [5, 5.41) is 26.9. The van der Waals surface area contributed by atoms with E-state index in [-0.39, 0.29) is 17.8 Å². The lowest BCUT2D eigenvalue weighted by Gasteiger charge is -2.26. The predicted octanol–water partition coefficient (Wildman–Crippen LogP) is 0.934. The van der Waals surface area contributed by atoms with Crippen LogP contribution in [0.5, 0.6) is 0 Å². The fourth-order valence-corrected chi connectivity index (χ4v) is 1.23. The Kier molecular flexibility index (Phi) is 2.33. The number of aliphatic carboxylic acids is 2. The molecular weight excluding hydrogens is 188 g/mol. The average molecular weight is 198 g/mol. The quantitative estimate of drug-likeness (QED) is 0.613. The monoisotopic (exact) mass is 198 g/mol. The Bertz CT molecular complexity index is 352. The van der Waals surface area contributed by atoms with Crippen LogP contribution in [0.1, 0.15) is 13.3 Å². The molecule has 1 atom stereocenters. The average Bonchev–Trinajstić information content (AvgIpc) is 2.09. The van der Waals surface area contributed by atoms with E-state index in [1.807, 2.05) is 0 Å². The summed E-state index contributed by atoms with van der Waals surface area (Å²) in [7, 11) is 0. The van der Waals surface area contributed by atoms with Crippen LogP contribution in [0.4, 0.5) is 0 Å². The van der Waals surface area contributed by atoms with Crippen molar-refractivity contribution in [2.24, 2.45) is 5.41 Å². The number of aliphatic hydroxyl groups excluding tert-OH is 1. The fourth-order valence-electron chi connectivity index (χ4n) is 1.23. The first-order valence-corrected chi connectivity index (χ1v) is 3.95. The lowest BCUT2D eigenvalue weighted by molar-refractivity contribution is -0.147. The molecule has 0 bridgehead atoms. The maximum Gasteiger partial charge on any atom is 0.331 e. The summed E-state index contributed by atoms with van der Waals surface area (Å²) in [5.41, 5.74) is -1.55. The van der Waals surface area contributed by atoms with Gasteiger partial charge in [-0.25, -0.2) is 4.79 Å². The molecule has 1 unspecified atom stereocenters. The Balaban J connectivity index is 3.09. The van der Waals surface area contributed by atoms with E-state index in [1.165, 1.54) is 13.0 Å². The molecule has 1 rings (SSSR count). The van der Waals surface area contributed by atoms with Gasteiger partial charge in [0, 0.05) is 12.0 Å². The number of allylic oxidation sites excluding steroid dienone is 2. The van der Waals surface area contributed by atoms with E-state index in [1.54, 1.807) is 0 Å². The van der Waals surface area contributed by atoms with Crippen LogP contribution in [0.2, 0.25) is 0 Å². The summed E-state index contributed by atoms with van der Waals surface area (Å²) in [6.45, 7) is 1.29. The Morgan fingerprint density at radius 2 is 1.93 bits per heavy atom. The van der Waals surface area contributed by atoms with E-state index < -0.39 is 17.4 Å². The van der Waals surface area contributed by atoms with Crippen molar-refractivity contribution in [1.82, 2.24) is 0 Å². The van der Waals surface area contributed by atoms with E-state index in [0.717, 1.165) is 6.08 Å². The molecule has 5 heteroatoms. The van der Waals surface area contributed by atoms with Gasteiger partial charge in [0.1, 0.15) is 11.2 Å². The molecule has 0 aromatic rings. The van der Waals surface area contributed by atoms with Crippen molar-refractivity contribution >= 4 is 11.9 Å². The summed E-state index contributed by atoms with van der Waals surface area (Å²) in [6, 6.07) is 0. The van der Waals surface area contributed by atoms with Crippen molar-refractivity contribution in [3.63, 3.8) is 0 Å². The molecule has 0 aromatic heterocycles. The third-order valence-corrected chi connectivity index (χ3v) is 2.30. The maximum atomic E-state index is 10.8. The molecule has 14 heavy (non-hydrogen) atoms. The van der Waals surface area contributed by atoms with Gasteiger partial charge in [0.05, 0.1) is 0 Å². The normalized spacial score (nSPS) is 26.4. The third-order valence-electron chi connectivity index (χ3n) is 2.30. The van der Waals surface area contributed by atoms with Gasteiger partial charge >= 0.3 is 11.9 Å². The summed E-state index contributed by atoms with van der Waals surface area (Å²) in [6.07, 6.45) is 2.11. The molecule has 0 aliphatic heterocycles. The largest absolute Gasteiger partial charge is 0.511 e. The van der Waals surface area contributed by atoms with E-state index in [4.69, 9.17) is 10.2 Å². The number of hydrogen-bond acceptors (Lipinski definition) is 3. The lowest BCUT2D eigenvalue weighted by Crippen LogP contribution is -2.33. The van der Waals surface area contributed by atoms with Crippen LogP contribution in [0.15, 0.2) is 23.5 Å². The molecule has 0 spiro atoms. The summed E-state index contributed by atoms with van der Waals surface area (Å²) < 4.78 is 0. The second-order valence-corrected chi connectivity index (χ2v) is 3.36. The van der Waals surface area contributed by atoms with Gasteiger partial charge in [0.2, 0.25) is 0 Å². The Morgan fingerprint density at radius 3 is 2.36 bits per heavy atom. The highest BCUT2D eigenvalue weighted by Crippen LogP contribution is 2.36. The Morgan fingerprint density at radius 1 is 1.36 bits per heavy atom. The van der Waals surface area contributed by atoms with Crippen LogP contribution < -0.4 is 0 Å². The van der Waals surface area contributed by atoms with E-state index in [2.05, 4.69) is 0 Å². The van der Waals surface area contributed by atoms with Crippen molar-refractivity contribution in [3.05, 3.63) is 23.5 Å². The molecular formula is C9H10O5. The maximum absolute atomic E-state index is 10.8. The first kappa shape index (κ1) is 10.3. The molecule has 76 valence electrons. The first-order valence-electron chi connectivity index (χ1n) is 3.95. The molecule has 0 saturated carbocycles. The van der Waals surface area contributed by atoms with Crippen molar-refractivity contribution in [3.8, 4) is 0 Å². The topological polar surface area (TPSA) is 94.8 Å². The summed E-state index contributed by atoms with van der Waals surface area (Å²) in [4.78, 5) is 21.4. The molecule has 0 heterocycles. The van der Waals surface area contributed by atoms with Gasteiger partial charge in [0.25, 0.3) is 0 Å². The fraction of sp³-hybridized carbons (Fsp3) is 0.333. The van der Waals surface area contributed by atoms with Gasteiger partial charge in [-0.05, 0) is 19.1 Å². The van der Waals surface area contributed by atoms with E-state index >= 15 is 0 Å². The van der Waals surface area contributed by atoms with Gasteiger partial charge in [0.15, 0.2) is 0 Å². The Hall–Kier alpha value is -1.78. The van der Waals surface area contributed by atoms with Crippen LogP contribution in [-0.4, -0.2) is 27.3 Å². The number of carboxylic acid groups (broad SMARTS) is 2. The van der Waals surface area contributed by atoms with Gasteiger partial charge in [-0.2, -0.15) is 0 Å². The van der Waals surface area contributed by atoms with Crippen LogP contribution in [0, 0.1) is 5.41 Å². The second kappa shape index (κ2) is 3.17. The van der Waals surface area contributed by atoms with E-state index in [0.29, 0.717) is 0 Å². The highest BCUT2D eigenvalue weighted by Gasteiger charge is 2.41. The third kappa shape index (κ3) is 1.48. The smallest absolute Gasteiger partial charge is 0.331 e. The second-order valence-electron chi connectivity index (χ2n) is 3.36. The zero-order valence-corrected chi connectivity index (χ0v) is 7.52. The SMILES string of the molecule is CC1(C(=O)O)CC(C(=O)O)=CC=C1O. The van der Waals surface area contributed by atoms with Gasteiger partial charge in [-0.15, -0.1) is 0 Å². The highest BCUT2D eigenvalue weighted by molar-refractivity contribution is 5.90. The summed E-state index contributed by atoms with van der Waals surface area (Å²) in [5.74, 6) is -2.73. The van der Waals surface area contributed by atoms with Crippen LogP contribution in [-0.2, 0) is 9.59 Å². The molecule has 1 aliphatic rings. The number of carbonyl (C=O) groups is 2. The number of rotatable bonds is 2. The molecule has 0 amide bonds. The van der Waals surface area contributed by atoms with Crippen LogP contribution >= 0.6 is 0 Å². The van der Waals surface area contributed by atoms with E-state index in [9.17, 15) is 14.7 Å². The van der Waals surface area contributed by atoms with Gasteiger partial charge in [-0.1, -0.05) is 0 Å². The molecule has 0 aromatic carbocycles. The standard InChI is InChI=1S/C9H10O5/c1-9(8(13)14)4-5(7(11)12)2-3-6(9)10/h2-3,10H,4H2,1H3,(H,11,12)(H,13,14). The van der Waals surface area contributed by atoms with Crippen LogP contribution in [0.25, 0.3) is 0 Å². The zero-order chi connectivity index (χ0) is 10.9. The number of carboxylic acids is 2. The lowest BCUT2D eigenvalue weighted by atomic mass is 9.78. The zero-order valence-electron chi connectivity index (χ0n) is 7.52. The number of aliphatic hydroxyl groups is 1. The highest BCUT2D eigenvalue weighted by atomic mass is 16.4. The Labute approximate surface area is 80.0 Å². The van der Waals surface area contributed by atoms with Gasteiger partial charge < -0.3 is 15.3 Å². The molecule has 1 aliphatic carbocycles. The van der Waals surface area contributed by atoms with Crippen LogP contribution in [0.3, 0.4) is 0 Å². The molecule has 3 N–H and O–H groups in total. The molecule has 0 fully saturated rings. The minimum absolute atomic E-state index is 0.0206. The van der Waals surface area contributed by atoms with Gasteiger partial charge in [-0.3, -0.25) is 4.79 Å². The van der Waals surface area contributed by atoms with Crippen molar-refractivity contribution in [2.75, 3.05) is 0 Å². The molecule has 0 radical (unpaired) electrons. The van der Waals surface area contributed by atoms with Crippen molar-refractivity contribution in [1.29, 1.82) is 0 Å². The first-order chi connectivity index (χ1) is 6.38. The molecule has 0 saturated heterocycles. The predicted molar refractivity (Wildman–Crippen MR) is 46.8 cm³/mol. The molecule has 5 nitrogen and oxygen atoms in total. The van der Waals surface area contributed by atoms with Crippen molar-refractivity contribution in [2.45, 2.75) is 13.3 Å². The minimum Gasteiger partial charge on any atom is -0.511 e.